The Hall–Kier alpha value is -1.56. The van der Waals surface area contributed by atoms with Gasteiger partial charge < -0.3 is 15.4 Å². The lowest BCUT2D eigenvalue weighted by Gasteiger charge is -2.14. The first-order valence-corrected chi connectivity index (χ1v) is 5.16. The second-order valence-electron chi connectivity index (χ2n) is 3.40. The van der Waals surface area contributed by atoms with Crippen molar-refractivity contribution < 1.29 is 9.53 Å². The van der Waals surface area contributed by atoms with Crippen LogP contribution >= 0.6 is 11.6 Å². The third kappa shape index (κ3) is 2.16. The third-order valence-electron chi connectivity index (χ3n) is 2.28. The van der Waals surface area contributed by atoms with Gasteiger partial charge in [0.25, 0.3) is 0 Å². The fraction of sp³-hybridized carbons (Fsp3) is 0.444. The molecule has 1 saturated heterocycles. The minimum Gasteiger partial charge on any atom is -0.490 e. The standard InChI is InChI=1S/C9H11ClN4O2/c1-16-7-8(10)12-4-13-9(7)14-5-2-6(15)11-3-5/h4-5H,2-3H2,1H3,(H,11,15)(H,12,13,14). The molecule has 0 radical (unpaired) electrons. The lowest BCUT2D eigenvalue weighted by atomic mass is 10.2. The van der Waals surface area contributed by atoms with Gasteiger partial charge in [0.2, 0.25) is 5.91 Å². The topological polar surface area (TPSA) is 76.1 Å². The van der Waals surface area contributed by atoms with Crippen molar-refractivity contribution in [2.45, 2.75) is 12.5 Å². The van der Waals surface area contributed by atoms with E-state index in [2.05, 4.69) is 20.6 Å². The molecule has 0 aliphatic carbocycles. The number of carbonyl (C=O) groups excluding carboxylic acids is 1. The SMILES string of the molecule is COc1c(Cl)ncnc1NC1CNC(=O)C1. The Morgan fingerprint density at radius 1 is 1.62 bits per heavy atom. The summed E-state index contributed by atoms with van der Waals surface area (Å²) in [5.41, 5.74) is 0. The molecule has 1 unspecified atom stereocenters. The quantitative estimate of drug-likeness (QED) is 0.753. The van der Waals surface area contributed by atoms with Crippen molar-refractivity contribution in [1.82, 2.24) is 15.3 Å². The fourth-order valence-corrected chi connectivity index (χ4v) is 1.75. The van der Waals surface area contributed by atoms with E-state index in [0.29, 0.717) is 24.5 Å². The molecular formula is C9H11ClN4O2. The summed E-state index contributed by atoms with van der Waals surface area (Å²) in [4.78, 5) is 18.9. The van der Waals surface area contributed by atoms with Gasteiger partial charge in [-0.1, -0.05) is 11.6 Å². The number of amides is 1. The Bertz CT molecular complexity index is 412. The van der Waals surface area contributed by atoms with Gasteiger partial charge in [0.15, 0.2) is 16.7 Å². The second kappa shape index (κ2) is 4.52. The lowest BCUT2D eigenvalue weighted by molar-refractivity contribution is -0.119. The Morgan fingerprint density at radius 3 is 3.06 bits per heavy atom. The van der Waals surface area contributed by atoms with Gasteiger partial charge in [-0.3, -0.25) is 4.79 Å². The number of anilines is 1. The molecule has 0 spiro atoms. The molecule has 0 saturated carbocycles. The molecule has 6 nitrogen and oxygen atoms in total. The highest BCUT2D eigenvalue weighted by Crippen LogP contribution is 2.29. The van der Waals surface area contributed by atoms with Crippen LogP contribution in [0.2, 0.25) is 5.15 Å². The molecule has 1 amide bonds. The van der Waals surface area contributed by atoms with Gasteiger partial charge in [-0.05, 0) is 0 Å². The molecule has 1 aliphatic heterocycles. The largest absolute Gasteiger partial charge is 0.490 e. The first kappa shape index (κ1) is 10.9. The normalized spacial score (nSPS) is 19.4. The molecule has 1 aliphatic rings. The number of aromatic nitrogens is 2. The van der Waals surface area contributed by atoms with Crippen LogP contribution in [0.1, 0.15) is 6.42 Å². The summed E-state index contributed by atoms with van der Waals surface area (Å²) >= 11 is 5.84. The van der Waals surface area contributed by atoms with Crippen molar-refractivity contribution >= 4 is 23.3 Å². The molecule has 16 heavy (non-hydrogen) atoms. The van der Waals surface area contributed by atoms with Gasteiger partial charge in [-0.25, -0.2) is 9.97 Å². The zero-order valence-corrected chi connectivity index (χ0v) is 9.41. The van der Waals surface area contributed by atoms with Crippen LogP contribution in [0.5, 0.6) is 5.75 Å². The Labute approximate surface area is 97.4 Å². The number of halogens is 1. The smallest absolute Gasteiger partial charge is 0.222 e. The summed E-state index contributed by atoms with van der Waals surface area (Å²) in [7, 11) is 1.49. The second-order valence-corrected chi connectivity index (χ2v) is 3.75. The number of ether oxygens (including phenoxy) is 1. The molecule has 0 bridgehead atoms. The average molecular weight is 243 g/mol. The van der Waals surface area contributed by atoms with Crippen LogP contribution in [0, 0.1) is 0 Å². The molecule has 2 heterocycles. The van der Waals surface area contributed by atoms with E-state index in [1.54, 1.807) is 0 Å². The highest BCUT2D eigenvalue weighted by Gasteiger charge is 2.23. The molecule has 1 atom stereocenters. The minimum absolute atomic E-state index is 0.00682. The van der Waals surface area contributed by atoms with Crippen molar-refractivity contribution in [2.24, 2.45) is 0 Å². The molecule has 86 valence electrons. The van der Waals surface area contributed by atoms with Gasteiger partial charge in [0, 0.05) is 13.0 Å². The summed E-state index contributed by atoms with van der Waals surface area (Å²) in [5.74, 6) is 0.920. The van der Waals surface area contributed by atoms with Gasteiger partial charge in [0.05, 0.1) is 13.2 Å². The fourth-order valence-electron chi connectivity index (χ4n) is 1.54. The molecule has 1 aromatic heterocycles. The van der Waals surface area contributed by atoms with Gasteiger partial charge in [-0.15, -0.1) is 0 Å². The highest BCUT2D eigenvalue weighted by molar-refractivity contribution is 6.31. The van der Waals surface area contributed by atoms with E-state index < -0.39 is 0 Å². The minimum atomic E-state index is 0.00682. The predicted molar refractivity (Wildman–Crippen MR) is 58.6 cm³/mol. The van der Waals surface area contributed by atoms with E-state index in [4.69, 9.17) is 16.3 Å². The number of carbonyl (C=O) groups is 1. The number of hydrogen-bond donors (Lipinski definition) is 2. The number of nitrogens with one attached hydrogen (secondary N) is 2. The number of hydrogen-bond acceptors (Lipinski definition) is 5. The van der Waals surface area contributed by atoms with Crippen molar-refractivity contribution in [3.63, 3.8) is 0 Å². The molecular weight excluding hydrogens is 232 g/mol. The van der Waals surface area contributed by atoms with E-state index in [-0.39, 0.29) is 17.1 Å². The Kier molecular flexibility index (Phi) is 3.09. The highest BCUT2D eigenvalue weighted by atomic mass is 35.5. The first-order chi connectivity index (χ1) is 7.70. The lowest BCUT2D eigenvalue weighted by Crippen LogP contribution is -2.23. The molecule has 7 heteroatoms. The van der Waals surface area contributed by atoms with E-state index in [0.717, 1.165) is 0 Å². The summed E-state index contributed by atoms with van der Waals surface area (Å²) in [6.07, 6.45) is 1.77. The Morgan fingerprint density at radius 2 is 2.44 bits per heavy atom. The van der Waals surface area contributed by atoms with Crippen molar-refractivity contribution in [3.05, 3.63) is 11.5 Å². The first-order valence-electron chi connectivity index (χ1n) is 4.78. The van der Waals surface area contributed by atoms with Crippen LogP contribution < -0.4 is 15.4 Å². The van der Waals surface area contributed by atoms with Gasteiger partial charge in [0.1, 0.15) is 6.33 Å². The number of rotatable bonds is 3. The van der Waals surface area contributed by atoms with Crippen LogP contribution in [0.25, 0.3) is 0 Å². The summed E-state index contributed by atoms with van der Waals surface area (Å²) in [5, 5.41) is 6.06. The molecule has 1 fully saturated rings. The number of nitrogens with zero attached hydrogens (tertiary/aromatic N) is 2. The summed E-state index contributed by atoms with van der Waals surface area (Å²) in [6.45, 7) is 0.573. The van der Waals surface area contributed by atoms with E-state index in [1.807, 2.05) is 0 Å². The predicted octanol–water partition coefficient (Wildman–Crippen LogP) is 0.439. The third-order valence-corrected chi connectivity index (χ3v) is 2.55. The van der Waals surface area contributed by atoms with E-state index in [1.165, 1.54) is 13.4 Å². The maximum Gasteiger partial charge on any atom is 0.222 e. The maximum atomic E-state index is 11.0. The van der Waals surface area contributed by atoms with Crippen LogP contribution in [0.4, 0.5) is 5.82 Å². The zero-order chi connectivity index (χ0) is 11.5. The van der Waals surface area contributed by atoms with Crippen LogP contribution in [0.15, 0.2) is 6.33 Å². The van der Waals surface area contributed by atoms with Crippen LogP contribution in [0.3, 0.4) is 0 Å². The zero-order valence-electron chi connectivity index (χ0n) is 8.66. The van der Waals surface area contributed by atoms with E-state index in [9.17, 15) is 4.79 Å². The van der Waals surface area contributed by atoms with Crippen molar-refractivity contribution in [3.8, 4) is 5.75 Å². The monoisotopic (exact) mass is 242 g/mol. The van der Waals surface area contributed by atoms with E-state index >= 15 is 0 Å². The van der Waals surface area contributed by atoms with Crippen molar-refractivity contribution in [2.75, 3.05) is 19.0 Å². The van der Waals surface area contributed by atoms with Gasteiger partial charge >= 0.3 is 0 Å². The van der Waals surface area contributed by atoms with Crippen LogP contribution in [-0.4, -0.2) is 35.6 Å². The Balaban J connectivity index is 2.14. The molecule has 2 rings (SSSR count). The number of methoxy groups -OCH3 is 1. The molecule has 1 aromatic rings. The van der Waals surface area contributed by atoms with Crippen LogP contribution in [-0.2, 0) is 4.79 Å². The average Bonchev–Trinajstić information content (AvgIpc) is 2.64. The molecule has 0 aromatic carbocycles. The summed E-state index contributed by atoms with van der Waals surface area (Å²) < 4.78 is 5.09. The maximum absolute atomic E-state index is 11.0. The van der Waals surface area contributed by atoms with Gasteiger partial charge in [-0.2, -0.15) is 0 Å². The van der Waals surface area contributed by atoms with Crippen molar-refractivity contribution in [1.29, 1.82) is 0 Å². The molecule has 2 N–H and O–H groups in total. The summed E-state index contributed by atoms with van der Waals surface area (Å²) in [6, 6.07) is 0.00682.